The van der Waals surface area contributed by atoms with Crippen molar-refractivity contribution >= 4 is 21.9 Å². The Morgan fingerprint density at radius 1 is 1.43 bits per heavy atom. The van der Waals surface area contributed by atoms with Crippen LogP contribution in [0.5, 0.6) is 5.75 Å². The summed E-state index contributed by atoms with van der Waals surface area (Å²) in [4.78, 5) is 13.9. The summed E-state index contributed by atoms with van der Waals surface area (Å²) in [6.45, 7) is 4.79. The van der Waals surface area contributed by atoms with Gasteiger partial charge in [0.15, 0.2) is 0 Å². The van der Waals surface area contributed by atoms with Crippen LogP contribution >= 0.6 is 15.9 Å². The average molecular weight is 354 g/mol. The van der Waals surface area contributed by atoms with E-state index in [0.717, 1.165) is 29.7 Å². The smallest absolute Gasteiger partial charge is 0.338 e. The van der Waals surface area contributed by atoms with Crippen LogP contribution in [0.15, 0.2) is 34.3 Å². The second-order valence-electron chi connectivity index (χ2n) is 5.03. The highest BCUT2D eigenvalue weighted by Gasteiger charge is 2.12. The monoisotopic (exact) mass is 353 g/mol. The van der Waals surface area contributed by atoms with Gasteiger partial charge in [-0.2, -0.15) is 0 Å². The highest BCUT2D eigenvalue weighted by molar-refractivity contribution is 9.10. The normalized spacial score (nSPS) is 15.5. The van der Waals surface area contributed by atoms with E-state index < -0.39 is 0 Å². The maximum atomic E-state index is 11.6. The molecule has 5 heteroatoms. The van der Waals surface area contributed by atoms with Crippen molar-refractivity contribution in [2.24, 2.45) is 0 Å². The van der Waals surface area contributed by atoms with Gasteiger partial charge >= 0.3 is 5.97 Å². The molecule has 0 radical (unpaired) electrons. The molecule has 0 aromatic heterocycles. The SMILES string of the molecule is CCOC(=O)c1ccc(OCC2=CCN(C)CC2)c(Br)c1. The number of hydrogen-bond acceptors (Lipinski definition) is 4. The predicted octanol–water partition coefficient (Wildman–Crippen LogP) is 3.27. The summed E-state index contributed by atoms with van der Waals surface area (Å²) in [7, 11) is 2.11. The highest BCUT2D eigenvalue weighted by Crippen LogP contribution is 2.27. The second kappa shape index (κ2) is 7.61. The molecule has 114 valence electrons. The van der Waals surface area contributed by atoms with Gasteiger partial charge in [-0.05, 0) is 60.1 Å². The number of ether oxygens (including phenoxy) is 2. The number of nitrogens with zero attached hydrogens (tertiary/aromatic N) is 1. The number of benzene rings is 1. The Morgan fingerprint density at radius 3 is 2.86 bits per heavy atom. The molecule has 0 aliphatic carbocycles. The van der Waals surface area contributed by atoms with Crippen LogP contribution in [0.2, 0.25) is 0 Å². The van der Waals surface area contributed by atoms with E-state index in [9.17, 15) is 4.79 Å². The predicted molar refractivity (Wildman–Crippen MR) is 85.8 cm³/mol. The molecule has 2 rings (SSSR count). The molecule has 0 unspecified atom stereocenters. The maximum Gasteiger partial charge on any atom is 0.338 e. The molecule has 1 aliphatic heterocycles. The number of likely N-dealkylation sites (N-methyl/N-ethyl adjacent to an activating group) is 1. The van der Waals surface area contributed by atoms with Crippen molar-refractivity contribution in [1.29, 1.82) is 0 Å². The van der Waals surface area contributed by atoms with Crippen LogP contribution < -0.4 is 4.74 Å². The van der Waals surface area contributed by atoms with E-state index >= 15 is 0 Å². The molecule has 0 fully saturated rings. The van der Waals surface area contributed by atoms with Crippen LogP contribution in [0.1, 0.15) is 23.7 Å². The zero-order valence-electron chi connectivity index (χ0n) is 12.4. The van der Waals surface area contributed by atoms with Crippen LogP contribution in [0.25, 0.3) is 0 Å². The van der Waals surface area contributed by atoms with Gasteiger partial charge in [0.25, 0.3) is 0 Å². The first-order valence-corrected chi connectivity index (χ1v) is 7.85. The Hall–Kier alpha value is -1.33. The first-order chi connectivity index (χ1) is 10.1. The summed E-state index contributed by atoms with van der Waals surface area (Å²) in [5.74, 6) is 0.422. The fraction of sp³-hybridized carbons (Fsp3) is 0.438. The van der Waals surface area contributed by atoms with E-state index in [2.05, 4.69) is 34.0 Å². The van der Waals surface area contributed by atoms with Gasteiger partial charge in [0.2, 0.25) is 0 Å². The van der Waals surface area contributed by atoms with Crippen molar-refractivity contribution in [1.82, 2.24) is 4.90 Å². The van der Waals surface area contributed by atoms with Gasteiger partial charge in [-0.15, -0.1) is 0 Å². The molecule has 0 atom stereocenters. The Balaban J connectivity index is 1.96. The Labute approximate surface area is 133 Å². The van der Waals surface area contributed by atoms with E-state index in [1.807, 2.05) is 0 Å². The molecule has 0 saturated carbocycles. The summed E-state index contributed by atoms with van der Waals surface area (Å²) in [6, 6.07) is 5.25. The number of carbonyl (C=O) groups is 1. The third-order valence-electron chi connectivity index (χ3n) is 3.36. The number of carbonyl (C=O) groups excluding carboxylic acids is 1. The van der Waals surface area contributed by atoms with E-state index in [1.165, 1.54) is 5.57 Å². The average Bonchev–Trinajstić information content (AvgIpc) is 2.48. The molecular weight excluding hydrogens is 334 g/mol. The molecule has 1 aromatic rings. The first-order valence-electron chi connectivity index (χ1n) is 7.06. The van der Waals surface area contributed by atoms with Crippen LogP contribution in [0, 0.1) is 0 Å². The number of hydrogen-bond donors (Lipinski definition) is 0. The third-order valence-corrected chi connectivity index (χ3v) is 3.98. The lowest BCUT2D eigenvalue weighted by molar-refractivity contribution is 0.0526. The van der Waals surface area contributed by atoms with E-state index in [1.54, 1.807) is 25.1 Å². The van der Waals surface area contributed by atoms with Crippen molar-refractivity contribution in [3.8, 4) is 5.75 Å². The van der Waals surface area contributed by atoms with Crippen molar-refractivity contribution in [2.75, 3.05) is 33.4 Å². The van der Waals surface area contributed by atoms with Crippen LogP contribution in [0.4, 0.5) is 0 Å². The topological polar surface area (TPSA) is 38.8 Å². The lowest BCUT2D eigenvalue weighted by Gasteiger charge is -2.22. The van der Waals surface area contributed by atoms with Gasteiger partial charge < -0.3 is 14.4 Å². The molecular formula is C16H20BrNO3. The van der Waals surface area contributed by atoms with Gasteiger partial charge in [-0.1, -0.05) is 6.08 Å². The van der Waals surface area contributed by atoms with E-state index in [4.69, 9.17) is 9.47 Å². The minimum absolute atomic E-state index is 0.317. The second-order valence-corrected chi connectivity index (χ2v) is 5.88. The molecule has 0 saturated heterocycles. The summed E-state index contributed by atoms with van der Waals surface area (Å²) in [5, 5.41) is 0. The molecule has 4 nitrogen and oxygen atoms in total. The largest absolute Gasteiger partial charge is 0.488 e. The summed E-state index contributed by atoms with van der Waals surface area (Å²) >= 11 is 3.44. The molecule has 1 aliphatic rings. The lowest BCUT2D eigenvalue weighted by atomic mass is 10.1. The fourth-order valence-corrected chi connectivity index (χ4v) is 2.57. The van der Waals surface area contributed by atoms with Gasteiger partial charge in [-0.3, -0.25) is 0 Å². The Bertz CT molecular complexity index is 542. The van der Waals surface area contributed by atoms with Gasteiger partial charge in [0.1, 0.15) is 12.4 Å². The van der Waals surface area contributed by atoms with Crippen LogP contribution in [0.3, 0.4) is 0 Å². The molecule has 0 spiro atoms. The Morgan fingerprint density at radius 2 is 2.24 bits per heavy atom. The first kappa shape index (κ1) is 16.0. The maximum absolute atomic E-state index is 11.6. The van der Waals surface area contributed by atoms with Gasteiger partial charge in [0.05, 0.1) is 16.6 Å². The molecule has 21 heavy (non-hydrogen) atoms. The van der Waals surface area contributed by atoms with E-state index in [0.29, 0.717) is 18.8 Å². The third kappa shape index (κ3) is 4.58. The molecule has 0 N–H and O–H groups in total. The number of halogens is 1. The standard InChI is InChI=1S/C16H20BrNO3/c1-3-20-16(19)13-4-5-15(14(17)10-13)21-11-12-6-8-18(2)9-7-12/h4-6,10H,3,7-9,11H2,1-2H3. The van der Waals surface area contributed by atoms with Gasteiger partial charge in [0, 0.05) is 13.1 Å². The number of rotatable bonds is 5. The lowest BCUT2D eigenvalue weighted by Crippen LogP contribution is -2.25. The summed E-state index contributed by atoms with van der Waals surface area (Å²) < 4.78 is 11.6. The zero-order chi connectivity index (χ0) is 15.2. The zero-order valence-corrected chi connectivity index (χ0v) is 14.0. The summed E-state index contributed by atoms with van der Waals surface area (Å²) in [5.41, 5.74) is 1.84. The molecule has 1 aromatic carbocycles. The molecule has 0 amide bonds. The fourth-order valence-electron chi connectivity index (χ4n) is 2.07. The molecule has 1 heterocycles. The number of esters is 1. The highest BCUT2D eigenvalue weighted by atomic mass is 79.9. The van der Waals surface area contributed by atoms with Gasteiger partial charge in [-0.25, -0.2) is 4.79 Å². The minimum atomic E-state index is -0.317. The van der Waals surface area contributed by atoms with Crippen LogP contribution in [-0.2, 0) is 4.74 Å². The Kier molecular flexibility index (Phi) is 5.82. The van der Waals surface area contributed by atoms with Crippen molar-refractivity contribution in [2.45, 2.75) is 13.3 Å². The minimum Gasteiger partial charge on any atom is -0.488 e. The van der Waals surface area contributed by atoms with Crippen molar-refractivity contribution < 1.29 is 14.3 Å². The van der Waals surface area contributed by atoms with E-state index in [-0.39, 0.29) is 5.97 Å². The van der Waals surface area contributed by atoms with Crippen molar-refractivity contribution in [3.63, 3.8) is 0 Å². The van der Waals surface area contributed by atoms with Crippen molar-refractivity contribution in [3.05, 3.63) is 39.9 Å². The van der Waals surface area contributed by atoms with Crippen LogP contribution in [-0.4, -0.2) is 44.2 Å². The summed E-state index contributed by atoms with van der Waals surface area (Å²) in [6.07, 6.45) is 3.25. The molecule has 0 bridgehead atoms. The quantitative estimate of drug-likeness (QED) is 0.601.